The first kappa shape index (κ1) is 16.6. The highest BCUT2D eigenvalue weighted by Gasteiger charge is 2.53. The molecule has 0 spiro atoms. The first-order chi connectivity index (χ1) is 10.4. The third-order valence-electron chi connectivity index (χ3n) is 3.65. The van der Waals surface area contributed by atoms with E-state index in [-0.39, 0.29) is 10.8 Å². The van der Waals surface area contributed by atoms with Gasteiger partial charge in [0.25, 0.3) is 5.91 Å². The van der Waals surface area contributed by atoms with Crippen molar-refractivity contribution in [3.05, 3.63) is 0 Å². The lowest BCUT2D eigenvalue weighted by atomic mass is 10.2. The SMILES string of the molecule is CCNC(=O)NC(=O)COC(=O)[C@H]1CS[C@]2(C)CCC(=O)N12. The zero-order chi connectivity index (χ0) is 16.3. The monoisotopic (exact) mass is 329 g/mol. The molecule has 9 heteroatoms. The molecule has 0 saturated carbocycles. The lowest BCUT2D eigenvalue weighted by molar-refractivity contribution is -0.156. The summed E-state index contributed by atoms with van der Waals surface area (Å²) in [6, 6.07) is -1.30. The average molecular weight is 329 g/mol. The molecule has 2 aliphatic heterocycles. The topological polar surface area (TPSA) is 105 Å². The fourth-order valence-electron chi connectivity index (χ4n) is 2.60. The zero-order valence-corrected chi connectivity index (χ0v) is 13.3. The van der Waals surface area contributed by atoms with Gasteiger partial charge in [-0.1, -0.05) is 0 Å². The number of hydrogen-bond donors (Lipinski definition) is 2. The molecule has 2 rings (SSSR count). The standard InChI is InChI=1S/C13H19N3O5S/c1-3-14-12(20)15-9(17)6-21-11(19)8-7-22-13(2)5-4-10(18)16(8)13/h8H,3-7H2,1-2H3,(H2,14,15,17,20)/t8-,13-/m1/s1. The molecule has 0 aromatic heterocycles. The second kappa shape index (κ2) is 6.55. The lowest BCUT2D eigenvalue weighted by Gasteiger charge is -2.29. The second-order valence-electron chi connectivity index (χ2n) is 5.28. The maximum atomic E-state index is 12.1. The summed E-state index contributed by atoms with van der Waals surface area (Å²) in [5, 5.41) is 4.43. The molecule has 0 bridgehead atoms. The van der Waals surface area contributed by atoms with E-state index >= 15 is 0 Å². The molecule has 122 valence electrons. The van der Waals surface area contributed by atoms with Crippen molar-refractivity contribution in [2.45, 2.75) is 37.6 Å². The normalized spacial score (nSPS) is 26.5. The van der Waals surface area contributed by atoms with Crippen LogP contribution in [0.25, 0.3) is 0 Å². The number of imide groups is 1. The van der Waals surface area contributed by atoms with Crippen molar-refractivity contribution in [3.8, 4) is 0 Å². The van der Waals surface area contributed by atoms with Crippen LogP contribution in [0.15, 0.2) is 0 Å². The van der Waals surface area contributed by atoms with Gasteiger partial charge in [-0.25, -0.2) is 9.59 Å². The summed E-state index contributed by atoms with van der Waals surface area (Å²) in [6.07, 6.45) is 1.13. The summed E-state index contributed by atoms with van der Waals surface area (Å²) in [6.45, 7) is 3.48. The number of thioether (sulfide) groups is 1. The van der Waals surface area contributed by atoms with Crippen molar-refractivity contribution in [1.29, 1.82) is 0 Å². The highest BCUT2D eigenvalue weighted by atomic mass is 32.2. The number of esters is 1. The second-order valence-corrected chi connectivity index (χ2v) is 6.78. The van der Waals surface area contributed by atoms with Gasteiger partial charge in [-0.3, -0.25) is 14.9 Å². The number of fused-ring (bicyclic) bond motifs is 1. The number of nitrogens with one attached hydrogen (secondary N) is 2. The third-order valence-corrected chi connectivity index (χ3v) is 5.16. The number of rotatable bonds is 4. The quantitative estimate of drug-likeness (QED) is 0.694. The zero-order valence-electron chi connectivity index (χ0n) is 12.5. The number of carbonyl (C=O) groups is 4. The van der Waals surface area contributed by atoms with Crippen LogP contribution in [0.5, 0.6) is 0 Å². The number of amides is 4. The van der Waals surface area contributed by atoms with Crippen LogP contribution in [0, 0.1) is 0 Å². The van der Waals surface area contributed by atoms with Gasteiger partial charge in [-0.05, 0) is 20.3 Å². The Balaban J connectivity index is 1.84. The van der Waals surface area contributed by atoms with Crippen molar-refractivity contribution < 1.29 is 23.9 Å². The van der Waals surface area contributed by atoms with E-state index in [1.54, 1.807) is 23.6 Å². The molecular formula is C13H19N3O5S. The van der Waals surface area contributed by atoms with Crippen LogP contribution in [0.1, 0.15) is 26.7 Å². The largest absolute Gasteiger partial charge is 0.454 e. The minimum atomic E-state index is -0.708. The molecule has 2 heterocycles. The molecule has 2 saturated heterocycles. The molecule has 8 nitrogen and oxygen atoms in total. The van der Waals surface area contributed by atoms with Gasteiger partial charge >= 0.3 is 12.0 Å². The number of hydrogen-bond acceptors (Lipinski definition) is 6. The number of urea groups is 1. The number of ether oxygens (including phenoxy) is 1. The van der Waals surface area contributed by atoms with E-state index in [1.165, 1.54) is 0 Å². The van der Waals surface area contributed by atoms with Crippen molar-refractivity contribution in [1.82, 2.24) is 15.5 Å². The molecular weight excluding hydrogens is 310 g/mol. The summed E-state index contributed by atoms with van der Waals surface area (Å²) >= 11 is 1.55. The smallest absolute Gasteiger partial charge is 0.330 e. The van der Waals surface area contributed by atoms with Gasteiger partial charge in [0.2, 0.25) is 5.91 Å². The van der Waals surface area contributed by atoms with Crippen molar-refractivity contribution in [3.63, 3.8) is 0 Å². The molecule has 2 fully saturated rings. The molecule has 0 radical (unpaired) electrons. The average Bonchev–Trinajstić information content (AvgIpc) is 2.94. The molecule has 4 amide bonds. The molecule has 22 heavy (non-hydrogen) atoms. The van der Waals surface area contributed by atoms with Crippen molar-refractivity contribution >= 4 is 35.6 Å². The van der Waals surface area contributed by atoms with Gasteiger partial charge in [-0.2, -0.15) is 0 Å². The Labute approximate surface area is 132 Å². The Morgan fingerprint density at radius 3 is 2.86 bits per heavy atom. The van der Waals surface area contributed by atoms with Gasteiger partial charge in [0, 0.05) is 18.7 Å². The molecule has 2 atom stereocenters. The third kappa shape index (κ3) is 3.34. The lowest BCUT2D eigenvalue weighted by Crippen LogP contribution is -2.47. The summed E-state index contributed by atoms with van der Waals surface area (Å²) < 4.78 is 4.93. The Morgan fingerprint density at radius 1 is 1.45 bits per heavy atom. The molecule has 2 aliphatic rings. The van der Waals surface area contributed by atoms with E-state index in [0.717, 1.165) is 0 Å². The fraction of sp³-hybridized carbons (Fsp3) is 0.692. The first-order valence-corrected chi connectivity index (χ1v) is 8.06. The summed E-state index contributed by atoms with van der Waals surface area (Å²) in [4.78, 5) is 47.8. The fourth-order valence-corrected chi connectivity index (χ4v) is 4.01. The minimum absolute atomic E-state index is 0.0683. The van der Waals surface area contributed by atoms with Gasteiger partial charge in [0.1, 0.15) is 6.04 Å². The van der Waals surface area contributed by atoms with E-state index in [0.29, 0.717) is 25.1 Å². The first-order valence-electron chi connectivity index (χ1n) is 7.08. The maximum Gasteiger partial charge on any atom is 0.330 e. The van der Waals surface area contributed by atoms with Crippen LogP contribution < -0.4 is 10.6 Å². The van der Waals surface area contributed by atoms with E-state index < -0.39 is 30.6 Å². The van der Waals surface area contributed by atoms with Crippen LogP contribution in [0.3, 0.4) is 0 Å². The predicted octanol–water partition coefficient (Wildman–Crippen LogP) is -0.171. The van der Waals surface area contributed by atoms with Crippen LogP contribution in [0.2, 0.25) is 0 Å². The Morgan fingerprint density at radius 2 is 2.18 bits per heavy atom. The van der Waals surface area contributed by atoms with Gasteiger partial charge < -0.3 is 15.0 Å². The summed E-state index contributed by atoms with van der Waals surface area (Å²) in [7, 11) is 0. The van der Waals surface area contributed by atoms with Gasteiger partial charge in [0.15, 0.2) is 6.61 Å². The van der Waals surface area contributed by atoms with Crippen molar-refractivity contribution in [2.75, 3.05) is 18.9 Å². The van der Waals surface area contributed by atoms with Crippen LogP contribution in [-0.2, 0) is 19.1 Å². The highest BCUT2D eigenvalue weighted by molar-refractivity contribution is 8.01. The van der Waals surface area contributed by atoms with Crippen LogP contribution >= 0.6 is 11.8 Å². The van der Waals surface area contributed by atoms with Crippen molar-refractivity contribution in [2.24, 2.45) is 0 Å². The summed E-state index contributed by atoms with van der Waals surface area (Å²) in [5.74, 6) is -0.932. The Kier molecular flexibility index (Phi) is 4.94. The number of carbonyl (C=O) groups excluding carboxylic acids is 4. The van der Waals surface area contributed by atoms with Crippen LogP contribution in [0.4, 0.5) is 4.79 Å². The van der Waals surface area contributed by atoms with E-state index in [4.69, 9.17) is 4.74 Å². The van der Waals surface area contributed by atoms with E-state index in [1.807, 2.05) is 12.2 Å². The highest BCUT2D eigenvalue weighted by Crippen LogP contribution is 2.47. The molecule has 0 aliphatic carbocycles. The molecule has 2 N–H and O–H groups in total. The number of nitrogens with zero attached hydrogens (tertiary/aromatic N) is 1. The predicted molar refractivity (Wildman–Crippen MR) is 78.9 cm³/mol. The van der Waals surface area contributed by atoms with Crippen LogP contribution in [-0.4, -0.2) is 58.5 Å². The van der Waals surface area contributed by atoms with Gasteiger partial charge in [-0.15, -0.1) is 11.8 Å². The van der Waals surface area contributed by atoms with E-state index in [2.05, 4.69) is 5.32 Å². The van der Waals surface area contributed by atoms with E-state index in [9.17, 15) is 19.2 Å². The molecule has 0 aromatic rings. The molecule has 0 unspecified atom stereocenters. The Hall–Kier alpha value is -1.77. The Bertz CT molecular complexity index is 512. The van der Waals surface area contributed by atoms with Gasteiger partial charge in [0.05, 0.1) is 4.87 Å². The molecule has 0 aromatic carbocycles. The summed E-state index contributed by atoms with van der Waals surface area (Å²) in [5.41, 5.74) is 0. The maximum absolute atomic E-state index is 12.1. The minimum Gasteiger partial charge on any atom is -0.454 e.